The van der Waals surface area contributed by atoms with Gasteiger partial charge in [0.25, 0.3) is 0 Å². The fourth-order valence-electron chi connectivity index (χ4n) is 3.29. The molecule has 0 fully saturated rings. The van der Waals surface area contributed by atoms with E-state index in [2.05, 4.69) is 12.1 Å². The summed E-state index contributed by atoms with van der Waals surface area (Å²) in [6.07, 6.45) is 2.69. The van der Waals surface area contributed by atoms with Crippen molar-refractivity contribution in [2.24, 2.45) is 0 Å². The quantitative estimate of drug-likeness (QED) is 0.839. The zero-order valence-corrected chi connectivity index (χ0v) is 15.4. The highest BCUT2D eigenvalue weighted by molar-refractivity contribution is 7.88. The highest BCUT2D eigenvalue weighted by atomic mass is 32.2. The molecular formula is C20H23NO3S. The number of hydrogen-bond donors (Lipinski definition) is 0. The molecule has 0 radical (unpaired) electrons. The fraction of sp³-hybridized carbons (Fsp3) is 0.300. The highest BCUT2D eigenvalue weighted by Crippen LogP contribution is 2.35. The molecule has 0 atom stereocenters. The topological polar surface area (TPSA) is 46.6 Å². The molecule has 0 unspecified atom stereocenters. The van der Waals surface area contributed by atoms with Crippen LogP contribution in [0.5, 0.6) is 5.75 Å². The van der Waals surface area contributed by atoms with Gasteiger partial charge >= 0.3 is 0 Å². The van der Waals surface area contributed by atoms with Crippen molar-refractivity contribution in [1.82, 2.24) is 4.31 Å². The van der Waals surface area contributed by atoms with Gasteiger partial charge in [-0.2, -0.15) is 0 Å². The van der Waals surface area contributed by atoms with Gasteiger partial charge in [-0.1, -0.05) is 42.5 Å². The minimum atomic E-state index is -3.18. The van der Waals surface area contributed by atoms with E-state index in [-0.39, 0.29) is 0 Å². The average molecular weight is 357 g/mol. The lowest BCUT2D eigenvalue weighted by atomic mass is 9.91. The molecule has 3 rings (SSSR count). The van der Waals surface area contributed by atoms with Crippen LogP contribution in [-0.4, -0.2) is 39.2 Å². The number of ether oxygens (including phenoxy) is 1. The van der Waals surface area contributed by atoms with Gasteiger partial charge in [-0.3, -0.25) is 0 Å². The standard InChI is InChI=1S/C20H23NO3S/c1-24-18-10-8-17(9-11-18)20-13-15-21(25(2,22)23)14-12-19(20)16-6-4-3-5-7-16/h3-11H,12-15H2,1-2H3. The van der Waals surface area contributed by atoms with Crippen molar-refractivity contribution in [2.75, 3.05) is 26.5 Å². The van der Waals surface area contributed by atoms with Crippen molar-refractivity contribution in [1.29, 1.82) is 0 Å². The van der Waals surface area contributed by atoms with Gasteiger partial charge in [0.1, 0.15) is 5.75 Å². The third-order valence-electron chi connectivity index (χ3n) is 4.62. The predicted molar refractivity (Wildman–Crippen MR) is 102 cm³/mol. The first kappa shape index (κ1) is 17.7. The van der Waals surface area contributed by atoms with Gasteiger partial charge < -0.3 is 4.74 Å². The van der Waals surface area contributed by atoms with Crippen LogP contribution in [0, 0.1) is 0 Å². The normalized spacial score (nSPS) is 16.6. The van der Waals surface area contributed by atoms with E-state index in [0.717, 1.165) is 16.9 Å². The zero-order chi connectivity index (χ0) is 17.9. The molecular weight excluding hydrogens is 334 g/mol. The lowest BCUT2D eigenvalue weighted by Crippen LogP contribution is -2.31. The molecule has 0 amide bonds. The maximum atomic E-state index is 12.0. The van der Waals surface area contributed by atoms with Gasteiger partial charge in [0.05, 0.1) is 13.4 Å². The van der Waals surface area contributed by atoms with Crippen LogP contribution in [-0.2, 0) is 10.0 Å². The summed E-state index contributed by atoms with van der Waals surface area (Å²) in [5.74, 6) is 0.817. The Morgan fingerprint density at radius 2 is 1.36 bits per heavy atom. The number of methoxy groups -OCH3 is 1. The van der Waals surface area contributed by atoms with E-state index in [9.17, 15) is 8.42 Å². The Labute approximate surface area is 149 Å². The first-order valence-electron chi connectivity index (χ1n) is 8.36. The summed E-state index contributed by atoms with van der Waals surface area (Å²) < 4.78 is 30.8. The van der Waals surface area contributed by atoms with E-state index >= 15 is 0 Å². The van der Waals surface area contributed by atoms with Gasteiger partial charge in [-0.25, -0.2) is 12.7 Å². The SMILES string of the molecule is COc1ccc(C2=C(c3ccccc3)CCN(S(C)(=O)=O)CC2)cc1. The molecule has 132 valence electrons. The van der Waals surface area contributed by atoms with Crippen molar-refractivity contribution < 1.29 is 13.2 Å². The van der Waals surface area contributed by atoms with Gasteiger partial charge in [-0.05, 0) is 47.2 Å². The predicted octanol–water partition coefficient (Wildman–Crippen LogP) is 3.66. The molecule has 4 nitrogen and oxygen atoms in total. The second-order valence-electron chi connectivity index (χ2n) is 6.21. The van der Waals surface area contributed by atoms with Crippen LogP contribution in [0.2, 0.25) is 0 Å². The molecule has 2 aromatic rings. The maximum absolute atomic E-state index is 12.0. The van der Waals surface area contributed by atoms with Crippen molar-refractivity contribution in [3.63, 3.8) is 0 Å². The van der Waals surface area contributed by atoms with Gasteiger partial charge in [0, 0.05) is 13.1 Å². The van der Waals surface area contributed by atoms with E-state index in [0.29, 0.717) is 25.9 Å². The number of benzene rings is 2. The Bertz CT molecular complexity index is 856. The van der Waals surface area contributed by atoms with Crippen LogP contribution in [0.15, 0.2) is 54.6 Å². The van der Waals surface area contributed by atoms with Crippen molar-refractivity contribution in [2.45, 2.75) is 12.8 Å². The Hall–Kier alpha value is -2.11. The highest BCUT2D eigenvalue weighted by Gasteiger charge is 2.23. The maximum Gasteiger partial charge on any atom is 0.211 e. The number of rotatable bonds is 4. The molecule has 0 N–H and O–H groups in total. The summed E-state index contributed by atoms with van der Waals surface area (Å²) in [5.41, 5.74) is 4.70. The number of nitrogens with zero attached hydrogens (tertiary/aromatic N) is 1. The summed E-state index contributed by atoms with van der Waals surface area (Å²) >= 11 is 0. The first-order valence-corrected chi connectivity index (χ1v) is 10.2. The molecule has 0 spiro atoms. The zero-order valence-electron chi connectivity index (χ0n) is 14.6. The summed E-state index contributed by atoms with van der Waals surface area (Å²) in [6.45, 7) is 1.03. The third kappa shape index (κ3) is 4.11. The summed E-state index contributed by atoms with van der Waals surface area (Å²) in [5, 5.41) is 0. The third-order valence-corrected chi connectivity index (χ3v) is 5.92. The van der Waals surface area contributed by atoms with Crippen LogP contribution in [0.3, 0.4) is 0 Å². The van der Waals surface area contributed by atoms with Crippen molar-refractivity contribution in [3.8, 4) is 5.75 Å². The minimum Gasteiger partial charge on any atom is -0.497 e. The van der Waals surface area contributed by atoms with E-state index in [1.54, 1.807) is 11.4 Å². The van der Waals surface area contributed by atoms with Crippen molar-refractivity contribution in [3.05, 3.63) is 65.7 Å². The van der Waals surface area contributed by atoms with Crippen LogP contribution in [0.25, 0.3) is 11.1 Å². The van der Waals surface area contributed by atoms with Gasteiger partial charge in [-0.15, -0.1) is 0 Å². The molecule has 0 saturated heterocycles. The van der Waals surface area contributed by atoms with Crippen LogP contribution >= 0.6 is 0 Å². The number of sulfonamides is 1. The molecule has 1 aliphatic heterocycles. The summed E-state index contributed by atoms with van der Waals surface area (Å²) in [4.78, 5) is 0. The van der Waals surface area contributed by atoms with E-state index in [4.69, 9.17) is 4.74 Å². The Balaban J connectivity index is 2.04. The second kappa shape index (κ2) is 7.42. The minimum absolute atomic E-state index is 0.510. The van der Waals surface area contributed by atoms with Crippen molar-refractivity contribution >= 4 is 21.2 Å². The molecule has 0 saturated carbocycles. The molecule has 1 aliphatic rings. The molecule has 0 aromatic heterocycles. The average Bonchev–Trinajstić information content (AvgIpc) is 2.85. The monoisotopic (exact) mass is 357 g/mol. The molecule has 1 heterocycles. The molecule has 25 heavy (non-hydrogen) atoms. The molecule has 2 aromatic carbocycles. The fourth-order valence-corrected chi connectivity index (χ4v) is 4.13. The molecule has 0 bridgehead atoms. The molecule has 0 aliphatic carbocycles. The van der Waals surface area contributed by atoms with Gasteiger partial charge in [0.15, 0.2) is 0 Å². The Kier molecular flexibility index (Phi) is 5.25. The van der Waals surface area contributed by atoms with E-state index in [1.807, 2.05) is 42.5 Å². The number of hydrogen-bond acceptors (Lipinski definition) is 3. The molecule has 5 heteroatoms. The van der Waals surface area contributed by atoms with Crippen LogP contribution in [0.1, 0.15) is 24.0 Å². The van der Waals surface area contributed by atoms with E-state index in [1.165, 1.54) is 17.4 Å². The largest absolute Gasteiger partial charge is 0.497 e. The summed E-state index contributed by atoms with van der Waals surface area (Å²) in [6, 6.07) is 18.2. The lowest BCUT2D eigenvalue weighted by Gasteiger charge is -2.17. The Morgan fingerprint density at radius 3 is 1.84 bits per heavy atom. The summed E-state index contributed by atoms with van der Waals surface area (Å²) in [7, 11) is -1.53. The Morgan fingerprint density at radius 1 is 0.840 bits per heavy atom. The van der Waals surface area contributed by atoms with Crippen LogP contribution < -0.4 is 4.74 Å². The smallest absolute Gasteiger partial charge is 0.211 e. The van der Waals surface area contributed by atoms with Gasteiger partial charge in [0.2, 0.25) is 10.0 Å². The van der Waals surface area contributed by atoms with E-state index < -0.39 is 10.0 Å². The van der Waals surface area contributed by atoms with Crippen LogP contribution in [0.4, 0.5) is 0 Å². The lowest BCUT2D eigenvalue weighted by molar-refractivity contribution is 0.415. The second-order valence-corrected chi connectivity index (χ2v) is 8.20. The first-order chi connectivity index (χ1) is 12.0.